The van der Waals surface area contributed by atoms with Gasteiger partial charge in [0.25, 0.3) is 10.1 Å². The highest BCUT2D eigenvalue weighted by molar-refractivity contribution is 7.85. The topological polar surface area (TPSA) is 66.4 Å². The molecule has 0 fully saturated rings. The summed E-state index contributed by atoms with van der Waals surface area (Å²) in [7, 11) is -4.19. The van der Waals surface area contributed by atoms with E-state index in [0.29, 0.717) is 12.0 Å². The van der Waals surface area contributed by atoms with E-state index in [-0.39, 0.29) is 4.90 Å². The van der Waals surface area contributed by atoms with Gasteiger partial charge in [0.1, 0.15) is 0 Å². The predicted octanol–water partition coefficient (Wildman–Crippen LogP) is 2.96. The van der Waals surface area contributed by atoms with Crippen molar-refractivity contribution in [2.45, 2.75) is 18.2 Å². The summed E-state index contributed by atoms with van der Waals surface area (Å²) in [5.74, 6) is 0. The molecule has 2 rings (SSSR count). The van der Waals surface area contributed by atoms with Gasteiger partial charge >= 0.3 is 0 Å². The molecule has 0 aliphatic heterocycles. The van der Waals surface area contributed by atoms with E-state index in [1.807, 2.05) is 31.2 Å². The van der Waals surface area contributed by atoms with Crippen LogP contribution in [0.3, 0.4) is 0 Å². The molecule has 0 amide bonds. The van der Waals surface area contributed by atoms with Gasteiger partial charge in [0.2, 0.25) is 0 Å². The molecular formula is C15H17NO3S. The Balaban J connectivity index is 2.33. The van der Waals surface area contributed by atoms with E-state index in [1.54, 1.807) is 18.2 Å². The Morgan fingerprint density at radius 2 is 1.85 bits per heavy atom. The van der Waals surface area contributed by atoms with Gasteiger partial charge in [-0.15, -0.1) is 0 Å². The monoisotopic (exact) mass is 291 g/mol. The molecule has 0 saturated heterocycles. The number of benzene rings is 2. The maximum absolute atomic E-state index is 11.4. The molecule has 0 radical (unpaired) electrons. The third-order valence-electron chi connectivity index (χ3n) is 2.95. The average molecular weight is 291 g/mol. The van der Waals surface area contributed by atoms with Gasteiger partial charge in [0.15, 0.2) is 0 Å². The number of nitrogens with one attached hydrogen (secondary N) is 1. The third kappa shape index (κ3) is 3.59. The molecule has 2 N–H and O–H groups in total. The van der Waals surface area contributed by atoms with Crippen LogP contribution >= 0.6 is 0 Å². The molecule has 4 nitrogen and oxygen atoms in total. The van der Waals surface area contributed by atoms with Crippen molar-refractivity contribution in [3.63, 3.8) is 0 Å². The molecule has 0 bridgehead atoms. The maximum atomic E-state index is 11.4. The van der Waals surface area contributed by atoms with Crippen molar-refractivity contribution in [2.75, 3.05) is 11.9 Å². The minimum atomic E-state index is -4.19. The van der Waals surface area contributed by atoms with Crippen LogP contribution in [0.2, 0.25) is 0 Å². The molecule has 0 atom stereocenters. The lowest BCUT2D eigenvalue weighted by Crippen LogP contribution is -2.04. The first-order valence-corrected chi connectivity index (χ1v) is 7.83. The van der Waals surface area contributed by atoms with Crippen molar-refractivity contribution in [3.8, 4) is 0 Å². The molecule has 0 aliphatic rings. The van der Waals surface area contributed by atoms with Gasteiger partial charge in [0.05, 0.1) is 4.90 Å². The van der Waals surface area contributed by atoms with Crippen LogP contribution in [0.15, 0.2) is 53.4 Å². The molecule has 0 saturated carbocycles. The lowest BCUT2D eigenvalue weighted by molar-refractivity contribution is 0.482. The second-order valence-electron chi connectivity index (χ2n) is 4.49. The Kier molecular flexibility index (Phi) is 4.42. The molecule has 106 valence electrons. The minimum absolute atomic E-state index is 0.0335. The van der Waals surface area contributed by atoms with Crippen molar-refractivity contribution in [1.82, 2.24) is 0 Å². The summed E-state index contributed by atoms with van der Waals surface area (Å²) in [4.78, 5) is -0.0335. The van der Waals surface area contributed by atoms with E-state index in [9.17, 15) is 13.0 Å². The Morgan fingerprint density at radius 3 is 2.55 bits per heavy atom. The zero-order valence-corrected chi connectivity index (χ0v) is 12.0. The molecule has 0 heterocycles. The maximum Gasteiger partial charge on any atom is 0.294 e. The van der Waals surface area contributed by atoms with Gasteiger partial charge in [-0.25, -0.2) is 0 Å². The summed E-state index contributed by atoms with van der Waals surface area (Å²) >= 11 is 0. The van der Waals surface area contributed by atoms with Crippen molar-refractivity contribution in [3.05, 3.63) is 59.7 Å². The number of anilines is 1. The molecule has 0 aliphatic carbocycles. The van der Waals surface area contributed by atoms with E-state index in [1.165, 1.54) is 6.07 Å². The SMILES string of the molecule is CCNc1cccc(Cc2ccccc2S(=O)(=O)O)c1. The molecule has 0 spiro atoms. The number of hydrogen-bond donors (Lipinski definition) is 2. The molecule has 5 heteroatoms. The van der Waals surface area contributed by atoms with E-state index in [2.05, 4.69) is 5.32 Å². The molecule has 20 heavy (non-hydrogen) atoms. The summed E-state index contributed by atoms with van der Waals surface area (Å²) in [5.41, 5.74) is 2.57. The van der Waals surface area contributed by atoms with Crippen LogP contribution in [0.4, 0.5) is 5.69 Å². The Labute approximate surface area is 119 Å². The van der Waals surface area contributed by atoms with E-state index < -0.39 is 10.1 Å². The van der Waals surface area contributed by atoms with Crippen LogP contribution in [-0.2, 0) is 16.5 Å². The number of hydrogen-bond acceptors (Lipinski definition) is 3. The zero-order valence-electron chi connectivity index (χ0n) is 11.2. The van der Waals surface area contributed by atoms with Crippen molar-refractivity contribution >= 4 is 15.8 Å². The molecule has 0 aromatic heterocycles. The van der Waals surface area contributed by atoms with Gasteiger partial charge in [-0.05, 0) is 42.7 Å². The lowest BCUT2D eigenvalue weighted by atomic mass is 10.0. The summed E-state index contributed by atoms with van der Waals surface area (Å²) in [6, 6.07) is 14.3. The van der Waals surface area contributed by atoms with Gasteiger partial charge < -0.3 is 5.32 Å². The van der Waals surface area contributed by atoms with Crippen LogP contribution in [0, 0.1) is 0 Å². The van der Waals surface area contributed by atoms with Crippen molar-refractivity contribution in [1.29, 1.82) is 0 Å². The first-order valence-electron chi connectivity index (χ1n) is 6.39. The van der Waals surface area contributed by atoms with Gasteiger partial charge in [0, 0.05) is 12.2 Å². The zero-order chi connectivity index (χ0) is 14.6. The summed E-state index contributed by atoms with van der Waals surface area (Å²) < 4.78 is 32.0. The second kappa shape index (κ2) is 6.07. The predicted molar refractivity (Wildman–Crippen MR) is 79.7 cm³/mol. The van der Waals surface area contributed by atoms with E-state index in [4.69, 9.17) is 0 Å². The quantitative estimate of drug-likeness (QED) is 0.831. The Hall–Kier alpha value is -1.85. The van der Waals surface area contributed by atoms with E-state index in [0.717, 1.165) is 17.8 Å². The average Bonchev–Trinajstić information content (AvgIpc) is 2.39. The van der Waals surface area contributed by atoms with Crippen molar-refractivity contribution < 1.29 is 13.0 Å². The van der Waals surface area contributed by atoms with Crippen LogP contribution in [-0.4, -0.2) is 19.5 Å². The molecular weight excluding hydrogens is 274 g/mol. The van der Waals surface area contributed by atoms with Gasteiger partial charge in [-0.2, -0.15) is 8.42 Å². The van der Waals surface area contributed by atoms with Gasteiger partial charge in [-0.1, -0.05) is 30.3 Å². The molecule has 0 unspecified atom stereocenters. The first-order chi connectivity index (χ1) is 9.50. The van der Waals surface area contributed by atoms with Crippen LogP contribution in [0.1, 0.15) is 18.1 Å². The lowest BCUT2D eigenvalue weighted by Gasteiger charge is -2.09. The van der Waals surface area contributed by atoms with Crippen LogP contribution in [0.5, 0.6) is 0 Å². The first kappa shape index (κ1) is 14.6. The van der Waals surface area contributed by atoms with Crippen LogP contribution < -0.4 is 5.32 Å². The van der Waals surface area contributed by atoms with Crippen LogP contribution in [0.25, 0.3) is 0 Å². The highest BCUT2D eigenvalue weighted by atomic mass is 32.2. The number of rotatable bonds is 5. The standard InChI is InChI=1S/C15H17NO3S/c1-2-16-14-8-5-6-12(11-14)10-13-7-3-4-9-15(13)20(17,18)19/h3-9,11,16H,2,10H2,1H3,(H,17,18,19). The normalized spacial score (nSPS) is 11.3. The van der Waals surface area contributed by atoms with Gasteiger partial charge in [-0.3, -0.25) is 4.55 Å². The summed E-state index contributed by atoms with van der Waals surface area (Å²) in [5, 5.41) is 3.21. The summed E-state index contributed by atoms with van der Waals surface area (Å²) in [6.07, 6.45) is 0.454. The smallest absolute Gasteiger partial charge is 0.294 e. The summed E-state index contributed by atoms with van der Waals surface area (Å²) in [6.45, 7) is 2.84. The highest BCUT2D eigenvalue weighted by Gasteiger charge is 2.14. The highest BCUT2D eigenvalue weighted by Crippen LogP contribution is 2.20. The van der Waals surface area contributed by atoms with E-state index >= 15 is 0 Å². The fourth-order valence-electron chi connectivity index (χ4n) is 2.12. The fourth-order valence-corrected chi connectivity index (χ4v) is 2.84. The molecule has 2 aromatic carbocycles. The second-order valence-corrected chi connectivity index (χ2v) is 5.88. The fraction of sp³-hybridized carbons (Fsp3) is 0.200. The Bertz CT molecular complexity index is 696. The minimum Gasteiger partial charge on any atom is -0.385 e. The molecule has 2 aromatic rings. The third-order valence-corrected chi connectivity index (χ3v) is 3.91. The Morgan fingerprint density at radius 1 is 1.10 bits per heavy atom. The van der Waals surface area contributed by atoms with Crippen molar-refractivity contribution in [2.24, 2.45) is 0 Å². The largest absolute Gasteiger partial charge is 0.385 e.